The first-order chi connectivity index (χ1) is 27.0. The number of aliphatic hydroxyl groups excluding tert-OH is 2. The summed E-state index contributed by atoms with van der Waals surface area (Å²) in [6.45, 7) is 6.32. The summed E-state index contributed by atoms with van der Waals surface area (Å²) in [5, 5.41) is 23.7. The van der Waals surface area contributed by atoms with Gasteiger partial charge in [0.05, 0.1) is 25.2 Å². The van der Waals surface area contributed by atoms with Crippen molar-refractivity contribution in [3.05, 3.63) is 36.5 Å². The molecule has 6 heteroatoms. The van der Waals surface area contributed by atoms with Crippen LogP contribution in [0.25, 0.3) is 0 Å². The predicted octanol–water partition coefficient (Wildman–Crippen LogP) is 13.7. The van der Waals surface area contributed by atoms with E-state index in [4.69, 9.17) is 4.74 Å². The summed E-state index contributed by atoms with van der Waals surface area (Å²) < 4.78 is 5.89. The number of aliphatic hydroxyl groups is 2. The number of amides is 1. The van der Waals surface area contributed by atoms with Crippen LogP contribution in [0.5, 0.6) is 0 Å². The zero-order chi connectivity index (χ0) is 40.3. The van der Waals surface area contributed by atoms with Crippen LogP contribution in [0.1, 0.15) is 239 Å². The molecule has 0 rings (SSSR count). The summed E-state index contributed by atoms with van der Waals surface area (Å²) >= 11 is 0. The maximum atomic E-state index is 13.1. The van der Waals surface area contributed by atoms with Gasteiger partial charge < -0.3 is 20.3 Å². The van der Waals surface area contributed by atoms with Gasteiger partial charge >= 0.3 is 5.97 Å². The van der Waals surface area contributed by atoms with Crippen LogP contribution in [0.2, 0.25) is 0 Å². The van der Waals surface area contributed by atoms with Crippen LogP contribution < -0.4 is 5.32 Å². The van der Waals surface area contributed by atoms with Gasteiger partial charge in [0.15, 0.2) is 0 Å². The first-order valence-electron chi connectivity index (χ1n) is 23.7. The van der Waals surface area contributed by atoms with Crippen LogP contribution in [0.3, 0.4) is 0 Å². The second kappa shape index (κ2) is 43.2. The highest BCUT2D eigenvalue weighted by Crippen LogP contribution is 2.17. The van der Waals surface area contributed by atoms with Gasteiger partial charge in [0.1, 0.15) is 6.10 Å². The highest BCUT2D eigenvalue weighted by Gasteiger charge is 2.24. The van der Waals surface area contributed by atoms with Crippen molar-refractivity contribution in [3.63, 3.8) is 0 Å². The average Bonchev–Trinajstić information content (AvgIpc) is 3.18. The van der Waals surface area contributed by atoms with Gasteiger partial charge in [-0.3, -0.25) is 9.59 Å². The van der Waals surface area contributed by atoms with Gasteiger partial charge in [-0.1, -0.05) is 192 Å². The topological polar surface area (TPSA) is 95.9 Å². The lowest BCUT2D eigenvalue weighted by Gasteiger charge is -2.24. The number of nitrogens with one attached hydrogen (secondary N) is 1. The Hall–Kier alpha value is -1.92. The van der Waals surface area contributed by atoms with E-state index >= 15 is 0 Å². The third kappa shape index (κ3) is 38.7. The Labute approximate surface area is 341 Å². The lowest BCUT2D eigenvalue weighted by molar-refractivity contribution is -0.151. The summed E-state index contributed by atoms with van der Waals surface area (Å²) in [4.78, 5) is 26.0. The standard InChI is InChI=1S/C49H91NO5/c1-4-7-10-13-16-19-21-23-25-27-30-33-36-39-42-49(54)55-45(40-37-34-31-28-18-15-12-9-6-3)43-48(53)50-46(44-51)47(52)41-38-35-32-29-26-24-22-20-17-14-11-8-5-2/h7,10,15-16,18-19,45-47,51-52H,4-6,8-9,11-14,17,20-44H2,1-3H3,(H,50,53)/b10-7+,18-15-,19-16+. The van der Waals surface area contributed by atoms with E-state index in [1.165, 1.54) is 103 Å². The van der Waals surface area contributed by atoms with Crippen molar-refractivity contribution in [2.24, 2.45) is 0 Å². The van der Waals surface area contributed by atoms with E-state index in [-0.39, 0.29) is 24.9 Å². The number of hydrogen-bond acceptors (Lipinski definition) is 5. The highest BCUT2D eigenvalue weighted by molar-refractivity contribution is 5.77. The summed E-state index contributed by atoms with van der Waals surface area (Å²) in [6.07, 6.45) is 49.2. The van der Waals surface area contributed by atoms with Crippen LogP contribution in [-0.2, 0) is 14.3 Å². The highest BCUT2D eigenvalue weighted by atomic mass is 16.5. The minimum absolute atomic E-state index is 0.0647. The zero-order valence-corrected chi connectivity index (χ0v) is 36.6. The average molecular weight is 774 g/mol. The van der Waals surface area contributed by atoms with E-state index in [1.54, 1.807) is 0 Å². The van der Waals surface area contributed by atoms with Gasteiger partial charge in [-0.15, -0.1) is 0 Å². The number of carbonyl (C=O) groups excluding carboxylic acids is 2. The molecule has 0 fully saturated rings. The Morgan fingerprint density at radius 3 is 1.56 bits per heavy atom. The molecule has 3 N–H and O–H groups in total. The van der Waals surface area contributed by atoms with Crippen molar-refractivity contribution in [3.8, 4) is 0 Å². The molecule has 3 atom stereocenters. The maximum absolute atomic E-state index is 13.1. The van der Waals surface area contributed by atoms with Crippen LogP contribution in [0.4, 0.5) is 0 Å². The minimum atomic E-state index is -0.789. The lowest BCUT2D eigenvalue weighted by atomic mass is 10.0. The van der Waals surface area contributed by atoms with Crippen molar-refractivity contribution in [1.29, 1.82) is 0 Å². The molecule has 0 radical (unpaired) electrons. The fraction of sp³-hybridized carbons (Fsp3) is 0.837. The Bertz CT molecular complexity index is 915. The molecule has 0 spiro atoms. The number of hydrogen-bond donors (Lipinski definition) is 3. The van der Waals surface area contributed by atoms with Crippen LogP contribution >= 0.6 is 0 Å². The number of unbranched alkanes of at least 4 members (excludes halogenated alkanes) is 24. The third-order valence-corrected chi connectivity index (χ3v) is 10.7. The fourth-order valence-corrected chi connectivity index (χ4v) is 7.10. The molecule has 0 aromatic carbocycles. The van der Waals surface area contributed by atoms with Crippen LogP contribution in [0.15, 0.2) is 36.5 Å². The van der Waals surface area contributed by atoms with Gasteiger partial charge in [0, 0.05) is 6.42 Å². The Morgan fingerprint density at radius 2 is 1.00 bits per heavy atom. The molecule has 322 valence electrons. The number of carbonyl (C=O) groups is 2. The summed E-state index contributed by atoms with van der Waals surface area (Å²) in [6, 6.07) is -0.704. The van der Waals surface area contributed by atoms with E-state index in [2.05, 4.69) is 62.5 Å². The Balaban J connectivity index is 4.51. The smallest absolute Gasteiger partial charge is 0.306 e. The summed E-state index contributed by atoms with van der Waals surface area (Å²) in [7, 11) is 0. The number of esters is 1. The SMILES string of the molecule is CC/C=C/C/C=C/CCCCCCCCCC(=O)OC(CCCCC/C=C\CCCC)CC(=O)NC(CO)C(O)CCCCCCCCCCCCCCC. The first kappa shape index (κ1) is 53.1. The molecule has 0 saturated heterocycles. The third-order valence-electron chi connectivity index (χ3n) is 10.7. The molecular weight excluding hydrogens is 683 g/mol. The van der Waals surface area contributed by atoms with Gasteiger partial charge in [-0.2, -0.15) is 0 Å². The van der Waals surface area contributed by atoms with Crippen LogP contribution in [-0.4, -0.2) is 46.9 Å². The Kier molecular flexibility index (Phi) is 41.7. The molecule has 0 aliphatic carbocycles. The van der Waals surface area contributed by atoms with E-state index < -0.39 is 18.2 Å². The predicted molar refractivity (Wildman–Crippen MR) is 236 cm³/mol. The largest absolute Gasteiger partial charge is 0.462 e. The van der Waals surface area contributed by atoms with E-state index in [0.717, 1.165) is 89.9 Å². The van der Waals surface area contributed by atoms with Crippen molar-refractivity contribution in [1.82, 2.24) is 5.32 Å². The first-order valence-corrected chi connectivity index (χ1v) is 23.7. The molecule has 0 aromatic heterocycles. The zero-order valence-electron chi connectivity index (χ0n) is 36.6. The monoisotopic (exact) mass is 774 g/mol. The molecule has 1 amide bonds. The number of allylic oxidation sites excluding steroid dienone is 6. The molecule has 0 aliphatic rings. The minimum Gasteiger partial charge on any atom is -0.462 e. The molecule has 0 bridgehead atoms. The van der Waals surface area contributed by atoms with Crippen molar-refractivity contribution in [2.75, 3.05) is 6.61 Å². The molecule has 6 nitrogen and oxygen atoms in total. The second-order valence-corrected chi connectivity index (χ2v) is 16.1. The van der Waals surface area contributed by atoms with E-state index in [1.807, 2.05) is 0 Å². The Morgan fingerprint density at radius 1 is 0.545 bits per heavy atom. The number of rotatable bonds is 42. The molecule has 3 unspecified atom stereocenters. The quantitative estimate of drug-likeness (QED) is 0.0326. The summed E-state index contributed by atoms with van der Waals surface area (Å²) in [5.74, 6) is -0.498. The summed E-state index contributed by atoms with van der Waals surface area (Å²) in [5.41, 5.74) is 0. The van der Waals surface area contributed by atoms with Crippen molar-refractivity contribution >= 4 is 11.9 Å². The van der Waals surface area contributed by atoms with Crippen molar-refractivity contribution in [2.45, 2.75) is 257 Å². The lowest BCUT2D eigenvalue weighted by Crippen LogP contribution is -2.46. The molecule has 0 aromatic rings. The fourth-order valence-electron chi connectivity index (χ4n) is 7.10. The maximum Gasteiger partial charge on any atom is 0.306 e. The molecular formula is C49H91NO5. The van der Waals surface area contributed by atoms with Gasteiger partial charge in [0.25, 0.3) is 0 Å². The van der Waals surface area contributed by atoms with Gasteiger partial charge in [0.2, 0.25) is 5.91 Å². The molecule has 55 heavy (non-hydrogen) atoms. The van der Waals surface area contributed by atoms with Crippen LogP contribution in [0, 0.1) is 0 Å². The van der Waals surface area contributed by atoms with Gasteiger partial charge in [-0.25, -0.2) is 0 Å². The molecule has 0 aliphatic heterocycles. The van der Waals surface area contributed by atoms with Crippen molar-refractivity contribution < 1.29 is 24.5 Å². The second-order valence-electron chi connectivity index (χ2n) is 16.1. The van der Waals surface area contributed by atoms with E-state index in [0.29, 0.717) is 19.3 Å². The number of ether oxygens (including phenoxy) is 1. The normalized spacial score (nSPS) is 13.6. The van der Waals surface area contributed by atoms with E-state index in [9.17, 15) is 19.8 Å². The van der Waals surface area contributed by atoms with Gasteiger partial charge in [-0.05, 0) is 70.6 Å². The molecule has 0 heterocycles. The molecule has 0 saturated carbocycles.